The van der Waals surface area contributed by atoms with Crippen LogP contribution in [0.25, 0.3) is 0 Å². The number of rotatable bonds is 6. The first-order valence-corrected chi connectivity index (χ1v) is 15.6. The van der Waals surface area contributed by atoms with Gasteiger partial charge in [-0.05, 0) is 136 Å². The van der Waals surface area contributed by atoms with Crippen molar-refractivity contribution < 1.29 is 10.2 Å². The Bertz CT molecular complexity index is 787. The van der Waals surface area contributed by atoms with Crippen molar-refractivity contribution in [3.8, 4) is 0 Å². The minimum absolute atomic E-state index is 0.383. The summed E-state index contributed by atoms with van der Waals surface area (Å²) in [6.07, 6.45) is 21.6. The van der Waals surface area contributed by atoms with Gasteiger partial charge in [0.05, 0.1) is 11.2 Å². The van der Waals surface area contributed by atoms with Gasteiger partial charge in [-0.25, -0.2) is 0 Å². The molecule has 0 bridgehead atoms. The third kappa shape index (κ3) is 4.94. The second kappa shape index (κ2) is 9.44. The minimum atomic E-state index is -0.423. The first-order valence-electron chi connectivity index (χ1n) is 15.6. The quantitative estimate of drug-likeness (QED) is 0.371. The lowest BCUT2D eigenvalue weighted by Gasteiger charge is -2.55. The Labute approximate surface area is 216 Å². The first-order chi connectivity index (χ1) is 16.5. The topological polar surface area (TPSA) is 40.5 Å². The predicted molar refractivity (Wildman–Crippen MR) is 146 cm³/mol. The van der Waals surface area contributed by atoms with Crippen molar-refractivity contribution in [3.63, 3.8) is 0 Å². The van der Waals surface area contributed by atoms with Gasteiger partial charge in [0, 0.05) is 0 Å². The zero-order valence-electron chi connectivity index (χ0n) is 23.7. The van der Waals surface area contributed by atoms with Crippen LogP contribution in [0.5, 0.6) is 0 Å². The highest BCUT2D eigenvalue weighted by Crippen LogP contribution is 2.65. The standard InChI is InChI=1S/C33H56O2/c1-6-32(34)17-14-25-24(22-32)9-10-27-26(25)13-16-31(5)28(11-12-29(27)31)23(2)8-7-15-33(35)20-18-30(3,4)19-21-33/h9,23,25-29,34-35H,6-8,10-22H2,1-5H3/t23-,25+,26-,27-,28-,29+,31-,32+/m1/s1. The lowest BCUT2D eigenvalue weighted by Crippen LogP contribution is -2.48. The van der Waals surface area contributed by atoms with Gasteiger partial charge < -0.3 is 10.2 Å². The fourth-order valence-electron chi connectivity index (χ4n) is 10.2. The van der Waals surface area contributed by atoms with Gasteiger partial charge in [0.15, 0.2) is 0 Å². The van der Waals surface area contributed by atoms with Crippen LogP contribution in [-0.2, 0) is 0 Å². The number of fused-ring (bicyclic) bond motifs is 5. The summed E-state index contributed by atoms with van der Waals surface area (Å²) >= 11 is 0. The van der Waals surface area contributed by atoms with Crippen LogP contribution in [0.4, 0.5) is 0 Å². The third-order valence-corrected chi connectivity index (χ3v) is 12.8. The molecular weight excluding hydrogens is 428 g/mol. The summed E-state index contributed by atoms with van der Waals surface area (Å²) in [4.78, 5) is 0. The van der Waals surface area contributed by atoms with E-state index in [0.29, 0.717) is 10.8 Å². The Morgan fingerprint density at radius 1 is 0.886 bits per heavy atom. The third-order valence-electron chi connectivity index (χ3n) is 12.8. The van der Waals surface area contributed by atoms with Crippen molar-refractivity contribution in [2.45, 2.75) is 149 Å². The number of hydrogen-bond acceptors (Lipinski definition) is 2. The van der Waals surface area contributed by atoms with E-state index in [9.17, 15) is 10.2 Å². The monoisotopic (exact) mass is 484 g/mol. The van der Waals surface area contributed by atoms with E-state index in [2.05, 4.69) is 40.7 Å². The van der Waals surface area contributed by atoms with E-state index in [1.165, 1.54) is 64.2 Å². The van der Waals surface area contributed by atoms with Crippen LogP contribution in [0.3, 0.4) is 0 Å². The van der Waals surface area contributed by atoms with Gasteiger partial charge in [-0.15, -0.1) is 0 Å². The maximum absolute atomic E-state index is 11.2. The summed E-state index contributed by atoms with van der Waals surface area (Å²) < 4.78 is 0. The highest BCUT2D eigenvalue weighted by molar-refractivity contribution is 5.22. The zero-order valence-corrected chi connectivity index (χ0v) is 23.7. The van der Waals surface area contributed by atoms with Crippen molar-refractivity contribution in [1.29, 1.82) is 0 Å². The average Bonchev–Trinajstić information content (AvgIpc) is 3.18. The predicted octanol–water partition coefficient (Wildman–Crippen LogP) is 8.45. The highest BCUT2D eigenvalue weighted by atomic mass is 16.3. The second-order valence-corrected chi connectivity index (χ2v) is 15.3. The van der Waals surface area contributed by atoms with Gasteiger partial charge in [0.25, 0.3) is 0 Å². The van der Waals surface area contributed by atoms with Gasteiger partial charge in [-0.1, -0.05) is 59.1 Å². The summed E-state index contributed by atoms with van der Waals surface area (Å²) in [6.45, 7) is 12.1. The molecule has 5 aliphatic carbocycles. The molecule has 200 valence electrons. The van der Waals surface area contributed by atoms with Crippen molar-refractivity contribution in [3.05, 3.63) is 11.6 Å². The lowest BCUT2D eigenvalue weighted by molar-refractivity contribution is -0.0484. The summed E-state index contributed by atoms with van der Waals surface area (Å²) in [5.74, 6) is 5.10. The molecular formula is C33H56O2. The van der Waals surface area contributed by atoms with E-state index in [-0.39, 0.29) is 5.60 Å². The van der Waals surface area contributed by atoms with E-state index in [1.54, 1.807) is 5.57 Å². The Morgan fingerprint density at radius 2 is 1.63 bits per heavy atom. The lowest BCUT2D eigenvalue weighted by atomic mass is 9.50. The molecule has 0 saturated heterocycles. The van der Waals surface area contributed by atoms with Crippen LogP contribution in [0, 0.1) is 46.3 Å². The summed E-state index contributed by atoms with van der Waals surface area (Å²) in [5.41, 5.74) is 1.77. The van der Waals surface area contributed by atoms with E-state index in [1.807, 2.05) is 0 Å². The van der Waals surface area contributed by atoms with Crippen molar-refractivity contribution in [2.24, 2.45) is 46.3 Å². The van der Waals surface area contributed by atoms with E-state index in [4.69, 9.17) is 0 Å². The van der Waals surface area contributed by atoms with Crippen LogP contribution in [0.1, 0.15) is 137 Å². The molecule has 0 unspecified atom stereocenters. The van der Waals surface area contributed by atoms with E-state index >= 15 is 0 Å². The fourth-order valence-corrected chi connectivity index (χ4v) is 10.2. The minimum Gasteiger partial charge on any atom is -0.390 e. The molecule has 0 aromatic carbocycles. The molecule has 35 heavy (non-hydrogen) atoms. The van der Waals surface area contributed by atoms with Gasteiger partial charge in [0.1, 0.15) is 0 Å². The molecule has 0 aliphatic heterocycles. The molecule has 5 aliphatic rings. The molecule has 0 spiro atoms. The molecule has 0 heterocycles. The summed E-state index contributed by atoms with van der Waals surface area (Å²) in [7, 11) is 0. The Morgan fingerprint density at radius 3 is 2.34 bits per heavy atom. The summed E-state index contributed by atoms with van der Waals surface area (Å²) in [6, 6.07) is 0. The number of aliphatic hydroxyl groups is 2. The normalized spacial score (nSPS) is 45.1. The van der Waals surface area contributed by atoms with Crippen molar-refractivity contribution in [1.82, 2.24) is 0 Å². The average molecular weight is 485 g/mol. The largest absolute Gasteiger partial charge is 0.390 e. The summed E-state index contributed by atoms with van der Waals surface area (Å²) in [5, 5.41) is 22.1. The highest BCUT2D eigenvalue weighted by Gasteiger charge is 2.57. The van der Waals surface area contributed by atoms with Crippen molar-refractivity contribution >= 4 is 0 Å². The Hall–Kier alpha value is -0.340. The molecule has 4 fully saturated rings. The SMILES string of the molecule is CC[C@]1(O)CC[C@H]2C(=CC[C@@H]3[C@@H]2CC[C@]2(C)[C@@H]([C@H](C)CCCC4(O)CCC(C)(C)CC4)CC[C@@H]32)C1. The van der Waals surface area contributed by atoms with E-state index in [0.717, 1.165) is 74.0 Å². The smallest absolute Gasteiger partial charge is 0.0682 e. The Balaban J connectivity index is 1.19. The molecule has 2 nitrogen and oxygen atoms in total. The van der Waals surface area contributed by atoms with Gasteiger partial charge >= 0.3 is 0 Å². The number of allylic oxidation sites excluding steroid dienone is 1. The van der Waals surface area contributed by atoms with Crippen LogP contribution >= 0.6 is 0 Å². The Kier molecular flexibility index (Phi) is 7.09. The van der Waals surface area contributed by atoms with Gasteiger partial charge in [-0.2, -0.15) is 0 Å². The maximum atomic E-state index is 11.2. The molecule has 5 rings (SSSR count). The van der Waals surface area contributed by atoms with Crippen LogP contribution in [-0.4, -0.2) is 21.4 Å². The fraction of sp³-hybridized carbons (Fsp3) is 0.939. The molecule has 0 aromatic rings. The zero-order chi connectivity index (χ0) is 25.1. The molecule has 0 amide bonds. The molecule has 2 N–H and O–H groups in total. The molecule has 8 atom stereocenters. The van der Waals surface area contributed by atoms with Crippen LogP contribution in [0.15, 0.2) is 11.6 Å². The van der Waals surface area contributed by atoms with E-state index < -0.39 is 5.60 Å². The first kappa shape index (κ1) is 26.3. The number of hydrogen-bond donors (Lipinski definition) is 2. The molecule has 2 heteroatoms. The molecule has 4 saturated carbocycles. The van der Waals surface area contributed by atoms with Crippen molar-refractivity contribution in [2.75, 3.05) is 0 Å². The second-order valence-electron chi connectivity index (χ2n) is 15.3. The molecule has 0 radical (unpaired) electrons. The van der Waals surface area contributed by atoms with Gasteiger partial charge in [0.2, 0.25) is 0 Å². The maximum Gasteiger partial charge on any atom is 0.0682 e. The van der Waals surface area contributed by atoms with Crippen LogP contribution in [0.2, 0.25) is 0 Å². The van der Waals surface area contributed by atoms with Gasteiger partial charge in [-0.3, -0.25) is 0 Å². The van der Waals surface area contributed by atoms with Crippen LogP contribution < -0.4 is 0 Å². The molecule has 0 aromatic heterocycles.